The lowest BCUT2D eigenvalue weighted by Gasteiger charge is -2.19. The van der Waals surface area contributed by atoms with Crippen LogP contribution in [0.2, 0.25) is 0 Å². The predicted octanol–water partition coefficient (Wildman–Crippen LogP) is 4.59. The lowest BCUT2D eigenvalue weighted by Crippen LogP contribution is -2.23. The lowest BCUT2D eigenvalue weighted by atomic mass is 9.87. The van der Waals surface area contributed by atoms with E-state index in [9.17, 15) is 8.42 Å². The van der Waals surface area contributed by atoms with Crippen molar-refractivity contribution < 1.29 is 8.42 Å². The molecule has 0 aliphatic rings. The number of aromatic nitrogens is 1. The molecule has 26 heavy (non-hydrogen) atoms. The second-order valence-electron chi connectivity index (χ2n) is 7.16. The van der Waals surface area contributed by atoms with E-state index < -0.39 is 10.0 Å². The molecule has 2 aromatic heterocycles. The number of nitrogens with zero attached hydrogens (tertiary/aromatic N) is 1. The van der Waals surface area contributed by atoms with E-state index in [1.54, 1.807) is 29.7 Å². The summed E-state index contributed by atoms with van der Waals surface area (Å²) in [6.07, 6.45) is 1.70. The third-order valence-corrected chi connectivity index (χ3v) is 6.24. The Morgan fingerprint density at radius 1 is 1.08 bits per heavy atom. The molecule has 0 fully saturated rings. The normalized spacial score (nSPS) is 12.3. The fourth-order valence-corrected chi connectivity index (χ4v) is 4.22. The van der Waals surface area contributed by atoms with Crippen LogP contribution in [0.15, 0.2) is 64.3 Å². The van der Waals surface area contributed by atoms with Gasteiger partial charge in [-0.25, -0.2) is 13.1 Å². The fourth-order valence-electron chi connectivity index (χ4n) is 2.55. The fraction of sp³-hybridized carbons (Fsp3) is 0.250. The van der Waals surface area contributed by atoms with Crippen LogP contribution in [-0.4, -0.2) is 13.4 Å². The Labute approximate surface area is 159 Å². The lowest BCUT2D eigenvalue weighted by molar-refractivity contribution is 0.578. The number of hydrogen-bond acceptors (Lipinski definition) is 4. The highest BCUT2D eigenvalue weighted by molar-refractivity contribution is 7.89. The minimum absolute atomic E-state index is 0.00911. The third-order valence-electron chi connectivity index (χ3n) is 4.14. The first-order valence-corrected chi connectivity index (χ1v) is 10.8. The molecule has 0 spiro atoms. The van der Waals surface area contributed by atoms with Crippen LogP contribution in [0, 0.1) is 0 Å². The maximum atomic E-state index is 12.6. The quantitative estimate of drug-likeness (QED) is 0.698. The van der Waals surface area contributed by atoms with Gasteiger partial charge in [0.15, 0.2) is 0 Å². The van der Waals surface area contributed by atoms with Crippen LogP contribution in [0.4, 0.5) is 0 Å². The van der Waals surface area contributed by atoms with Gasteiger partial charge in [0.1, 0.15) is 0 Å². The van der Waals surface area contributed by atoms with Gasteiger partial charge in [-0.2, -0.15) is 11.3 Å². The largest absolute Gasteiger partial charge is 0.256 e. The predicted molar refractivity (Wildman–Crippen MR) is 107 cm³/mol. The minimum atomic E-state index is -3.56. The Balaban J connectivity index is 1.73. The number of nitrogens with one attached hydrogen (secondary N) is 1. The van der Waals surface area contributed by atoms with Gasteiger partial charge >= 0.3 is 0 Å². The molecule has 1 N–H and O–H groups in total. The van der Waals surface area contributed by atoms with E-state index in [4.69, 9.17) is 0 Å². The average molecular weight is 387 g/mol. The van der Waals surface area contributed by atoms with Crippen LogP contribution in [0.5, 0.6) is 0 Å². The Morgan fingerprint density at radius 3 is 2.42 bits per heavy atom. The molecule has 0 saturated heterocycles. The van der Waals surface area contributed by atoms with Crippen LogP contribution < -0.4 is 4.72 Å². The van der Waals surface area contributed by atoms with Crippen molar-refractivity contribution in [2.45, 2.75) is 37.6 Å². The van der Waals surface area contributed by atoms with E-state index in [1.807, 2.05) is 41.1 Å². The van der Waals surface area contributed by atoms with Crippen molar-refractivity contribution in [3.8, 4) is 11.3 Å². The molecule has 0 bridgehead atoms. The molecule has 136 valence electrons. The van der Waals surface area contributed by atoms with Crippen molar-refractivity contribution in [1.29, 1.82) is 0 Å². The number of thiophene rings is 1. The van der Waals surface area contributed by atoms with Crippen molar-refractivity contribution in [3.05, 3.63) is 70.5 Å². The smallest absolute Gasteiger partial charge is 0.240 e. The zero-order chi connectivity index (χ0) is 18.8. The maximum absolute atomic E-state index is 12.6. The van der Waals surface area contributed by atoms with Crippen LogP contribution in [0.3, 0.4) is 0 Å². The van der Waals surface area contributed by atoms with Crippen LogP contribution in [0.1, 0.15) is 31.9 Å². The molecule has 0 amide bonds. The first-order valence-electron chi connectivity index (χ1n) is 8.33. The highest BCUT2D eigenvalue weighted by Crippen LogP contribution is 2.24. The topological polar surface area (TPSA) is 59.1 Å². The molecule has 3 rings (SSSR count). The van der Waals surface area contributed by atoms with Crippen LogP contribution in [-0.2, 0) is 22.0 Å². The van der Waals surface area contributed by atoms with Gasteiger partial charge in [0.05, 0.1) is 10.6 Å². The Bertz CT molecular complexity index is 971. The molecule has 0 saturated carbocycles. The summed E-state index contributed by atoms with van der Waals surface area (Å²) in [4.78, 5) is 4.62. The molecule has 6 heteroatoms. The molecule has 0 radical (unpaired) electrons. The average Bonchev–Trinajstić information content (AvgIpc) is 3.14. The van der Waals surface area contributed by atoms with E-state index in [-0.39, 0.29) is 16.9 Å². The SMILES string of the molecule is CC(C)(C)c1ccc(S(=O)(=O)NCc2ccnc(-c3ccsc3)c2)cc1. The number of benzene rings is 1. The molecule has 1 aromatic carbocycles. The first-order chi connectivity index (χ1) is 12.3. The van der Waals surface area contributed by atoms with Gasteiger partial charge in [0.25, 0.3) is 0 Å². The number of rotatable bonds is 5. The number of pyridine rings is 1. The van der Waals surface area contributed by atoms with Gasteiger partial charge in [-0.1, -0.05) is 32.9 Å². The minimum Gasteiger partial charge on any atom is -0.256 e. The second-order valence-corrected chi connectivity index (χ2v) is 9.71. The third kappa shape index (κ3) is 4.38. The zero-order valence-electron chi connectivity index (χ0n) is 15.1. The van der Waals surface area contributed by atoms with E-state index in [1.165, 1.54) is 0 Å². The van der Waals surface area contributed by atoms with Gasteiger partial charge in [-0.05, 0) is 52.3 Å². The Kier molecular flexibility index (Phi) is 5.27. The van der Waals surface area contributed by atoms with Crippen molar-refractivity contribution in [2.75, 3.05) is 0 Å². The molecule has 0 atom stereocenters. The van der Waals surface area contributed by atoms with E-state index in [2.05, 4.69) is 30.5 Å². The summed E-state index contributed by atoms with van der Waals surface area (Å²) in [5.74, 6) is 0. The Morgan fingerprint density at radius 2 is 1.81 bits per heavy atom. The molecule has 0 aliphatic carbocycles. The van der Waals surface area contributed by atoms with E-state index >= 15 is 0 Å². The van der Waals surface area contributed by atoms with Crippen molar-refractivity contribution >= 4 is 21.4 Å². The van der Waals surface area contributed by atoms with Crippen LogP contribution >= 0.6 is 11.3 Å². The molecular formula is C20H22N2O2S2. The summed E-state index contributed by atoms with van der Waals surface area (Å²) in [7, 11) is -3.56. The monoisotopic (exact) mass is 386 g/mol. The second kappa shape index (κ2) is 7.31. The van der Waals surface area contributed by atoms with Gasteiger partial charge < -0.3 is 0 Å². The Hall–Kier alpha value is -2.02. The van der Waals surface area contributed by atoms with Gasteiger partial charge in [0, 0.05) is 23.7 Å². The summed E-state index contributed by atoms with van der Waals surface area (Å²) >= 11 is 1.61. The standard InChI is InChI=1S/C20H22N2O2S2/c1-20(2,3)17-4-6-18(7-5-17)26(23,24)22-13-15-8-10-21-19(12-15)16-9-11-25-14-16/h4-12,14,22H,13H2,1-3H3. The van der Waals surface area contributed by atoms with E-state index in [0.717, 1.165) is 22.4 Å². The van der Waals surface area contributed by atoms with Gasteiger partial charge in [-0.3, -0.25) is 4.98 Å². The van der Waals surface area contributed by atoms with Crippen LogP contribution in [0.25, 0.3) is 11.3 Å². The summed E-state index contributed by atoms with van der Waals surface area (Å²) < 4.78 is 27.8. The molecular weight excluding hydrogens is 364 g/mol. The highest BCUT2D eigenvalue weighted by atomic mass is 32.2. The summed E-state index contributed by atoms with van der Waals surface area (Å²) in [5.41, 5.74) is 3.85. The summed E-state index contributed by atoms with van der Waals surface area (Å²) in [5, 5.41) is 4.01. The number of sulfonamides is 1. The van der Waals surface area contributed by atoms with Gasteiger partial charge in [0.2, 0.25) is 10.0 Å². The summed E-state index contributed by atoms with van der Waals surface area (Å²) in [6.45, 7) is 6.53. The van der Waals surface area contributed by atoms with Crippen molar-refractivity contribution in [1.82, 2.24) is 9.71 Å². The maximum Gasteiger partial charge on any atom is 0.240 e. The number of hydrogen-bond donors (Lipinski definition) is 1. The van der Waals surface area contributed by atoms with E-state index in [0.29, 0.717) is 0 Å². The highest BCUT2D eigenvalue weighted by Gasteiger charge is 2.17. The summed E-state index contributed by atoms with van der Waals surface area (Å²) in [6, 6.07) is 12.8. The van der Waals surface area contributed by atoms with Gasteiger partial charge in [-0.15, -0.1) is 0 Å². The molecule has 3 aromatic rings. The van der Waals surface area contributed by atoms with Crippen molar-refractivity contribution in [2.24, 2.45) is 0 Å². The molecule has 0 aliphatic heterocycles. The molecule has 2 heterocycles. The molecule has 4 nitrogen and oxygen atoms in total. The molecule has 0 unspecified atom stereocenters. The zero-order valence-corrected chi connectivity index (χ0v) is 16.7. The van der Waals surface area contributed by atoms with Crippen molar-refractivity contribution in [3.63, 3.8) is 0 Å². The first kappa shape index (κ1) is 18.8.